The van der Waals surface area contributed by atoms with Crippen molar-refractivity contribution in [3.05, 3.63) is 69.8 Å². The first-order valence-corrected chi connectivity index (χ1v) is 8.06. The molecule has 0 N–H and O–H groups in total. The monoisotopic (exact) mass is 380 g/mol. The Morgan fingerprint density at radius 1 is 1.00 bits per heavy atom. The van der Waals surface area contributed by atoms with E-state index in [4.69, 9.17) is 23.2 Å². The molecule has 1 heterocycles. The van der Waals surface area contributed by atoms with Crippen molar-refractivity contribution >= 4 is 39.1 Å². The van der Waals surface area contributed by atoms with Crippen LogP contribution in [0.25, 0.3) is 16.9 Å². The molecule has 0 aliphatic carbocycles. The first-order valence-electron chi connectivity index (χ1n) is 6.35. The summed E-state index contributed by atoms with van der Waals surface area (Å²) in [5, 5.41) is 5.18. The molecule has 21 heavy (non-hydrogen) atoms. The molecule has 0 aliphatic rings. The van der Waals surface area contributed by atoms with Gasteiger partial charge >= 0.3 is 0 Å². The van der Waals surface area contributed by atoms with E-state index in [-0.39, 0.29) is 0 Å². The van der Waals surface area contributed by atoms with E-state index in [1.54, 1.807) is 4.68 Å². The van der Waals surface area contributed by atoms with E-state index < -0.39 is 0 Å². The lowest BCUT2D eigenvalue weighted by atomic mass is 10.1. The van der Waals surface area contributed by atoms with Crippen molar-refractivity contribution in [1.29, 1.82) is 0 Å². The Balaban J connectivity index is 2.16. The lowest BCUT2D eigenvalue weighted by Crippen LogP contribution is -1.96. The summed E-state index contributed by atoms with van der Waals surface area (Å²) < 4.78 is 2.73. The zero-order chi connectivity index (χ0) is 14.8. The molecule has 0 saturated heterocycles. The molecule has 3 rings (SSSR count). The van der Waals surface area contributed by atoms with Crippen LogP contribution in [0.15, 0.2) is 59.1 Å². The fraction of sp³-hybridized carbons (Fsp3) is 0.0625. The molecule has 0 fully saturated rings. The number of rotatable bonds is 3. The van der Waals surface area contributed by atoms with Gasteiger partial charge in [-0.3, -0.25) is 0 Å². The molecule has 0 amide bonds. The molecule has 106 valence electrons. The Morgan fingerprint density at radius 2 is 1.67 bits per heavy atom. The largest absolute Gasteiger partial charge is 0.221 e. The van der Waals surface area contributed by atoms with Gasteiger partial charge in [-0.05, 0) is 24.3 Å². The third kappa shape index (κ3) is 2.86. The number of hydrogen-bond donors (Lipinski definition) is 0. The molecule has 2 aromatic carbocycles. The highest BCUT2D eigenvalue weighted by molar-refractivity contribution is 9.10. The Labute approximate surface area is 141 Å². The van der Waals surface area contributed by atoms with E-state index in [1.165, 1.54) is 0 Å². The van der Waals surface area contributed by atoms with Gasteiger partial charge in [-0.1, -0.05) is 57.9 Å². The predicted molar refractivity (Wildman–Crippen MR) is 91.3 cm³/mol. The first kappa shape index (κ1) is 14.6. The van der Waals surface area contributed by atoms with Crippen LogP contribution in [-0.4, -0.2) is 9.78 Å². The standard InChI is InChI=1S/C16H11BrCl2N2/c17-12-6-8-13(9-7-12)21-16(19)14(10-18)15(20-21)11-4-2-1-3-5-11/h1-9H,10H2. The SMILES string of the molecule is ClCc1c(-c2ccccc2)nn(-c2ccc(Br)cc2)c1Cl. The Morgan fingerprint density at radius 3 is 2.29 bits per heavy atom. The fourth-order valence-corrected chi connectivity index (χ4v) is 3.01. The molecule has 2 nitrogen and oxygen atoms in total. The van der Waals surface area contributed by atoms with Crippen LogP contribution in [0.5, 0.6) is 0 Å². The van der Waals surface area contributed by atoms with Crippen LogP contribution in [0.2, 0.25) is 5.15 Å². The summed E-state index contributed by atoms with van der Waals surface area (Å²) in [6, 6.07) is 17.7. The van der Waals surface area contributed by atoms with Crippen LogP contribution in [0.4, 0.5) is 0 Å². The summed E-state index contributed by atoms with van der Waals surface area (Å²) in [6.45, 7) is 0. The van der Waals surface area contributed by atoms with E-state index in [0.717, 1.165) is 27.0 Å². The highest BCUT2D eigenvalue weighted by Gasteiger charge is 2.17. The van der Waals surface area contributed by atoms with Crippen LogP contribution in [0.3, 0.4) is 0 Å². The van der Waals surface area contributed by atoms with Gasteiger partial charge in [-0.15, -0.1) is 11.6 Å². The normalized spacial score (nSPS) is 10.8. The predicted octanol–water partition coefficient (Wildman–Crippen LogP) is 5.69. The number of aromatic nitrogens is 2. The molecular weight excluding hydrogens is 371 g/mol. The lowest BCUT2D eigenvalue weighted by molar-refractivity contribution is 0.884. The summed E-state index contributed by atoms with van der Waals surface area (Å²) in [7, 11) is 0. The van der Waals surface area contributed by atoms with Crippen LogP contribution in [0, 0.1) is 0 Å². The van der Waals surface area contributed by atoms with E-state index >= 15 is 0 Å². The second kappa shape index (κ2) is 6.22. The number of benzene rings is 2. The summed E-state index contributed by atoms with van der Waals surface area (Å²) in [5.41, 5.74) is 3.56. The topological polar surface area (TPSA) is 17.8 Å². The molecule has 0 saturated carbocycles. The molecule has 0 unspecified atom stereocenters. The maximum atomic E-state index is 6.46. The van der Waals surface area contributed by atoms with Crippen LogP contribution in [0.1, 0.15) is 5.56 Å². The zero-order valence-corrected chi connectivity index (χ0v) is 14.0. The Kier molecular flexibility index (Phi) is 4.34. The van der Waals surface area contributed by atoms with Gasteiger partial charge in [0.1, 0.15) is 5.15 Å². The fourth-order valence-electron chi connectivity index (χ4n) is 2.13. The van der Waals surface area contributed by atoms with Gasteiger partial charge in [0.15, 0.2) is 0 Å². The van der Waals surface area contributed by atoms with Gasteiger partial charge in [0.25, 0.3) is 0 Å². The number of halogens is 3. The van der Waals surface area contributed by atoms with E-state index in [2.05, 4.69) is 21.0 Å². The maximum absolute atomic E-state index is 6.46. The Hall–Kier alpha value is -1.29. The Bertz CT molecular complexity index is 752. The molecule has 0 spiro atoms. The summed E-state index contributed by atoms with van der Waals surface area (Å²) >= 11 is 15.9. The average Bonchev–Trinajstić information content (AvgIpc) is 2.86. The minimum Gasteiger partial charge on any atom is -0.221 e. The average molecular weight is 382 g/mol. The second-order valence-electron chi connectivity index (χ2n) is 4.51. The molecule has 3 aromatic rings. The van der Waals surface area contributed by atoms with Crippen molar-refractivity contribution < 1.29 is 0 Å². The third-order valence-electron chi connectivity index (χ3n) is 3.17. The minimum atomic E-state index is 0.319. The minimum absolute atomic E-state index is 0.319. The van der Waals surface area contributed by atoms with Crippen LogP contribution >= 0.6 is 39.1 Å². The van der Waals surface area contributed by atoms with Crippen molar-refractivity contribution in [2.75, 3.05) is 0 Å². The van der Waals surface area contributed by atoms with Gasteiger partial charge in [-0.2, -0.15) is 5.10 Å². The molecule has 1 aromatic heterocycles. The van der Waals surface area contributed by atoms with E-state index in [9.17, 15) is 0 Å². The first-order chi connectivity index (χ1) is 10.2. The van der Waals surface area contributed by atoms with Crippen molar-refractivity contribution in [3.8, 4) is 16.9 Å². The lowest BCUT2D eigenvalue weighted by Gasteiger charge is -2.03. The number of hydrogen-bond acceptors (Lipinski definition) is 1. The summed E-state index contributed by atoms with van der Waals surface area (Å²) in [5.74, 6) is 0.319. The quantitative estimate of drug-likeness (QED) is 0.532. The highest BCUT2D eigenvalue weighted by Crippen LogP contribution is 2.32. The van der Waals surface area contributed by atoms with Gasteiger partial charge in [0.2, 0.25) is 0 Å². The maximum Gasteiger partial charge on any atom is 0.137 e. The van der Waals surface area contributed by atoms with Crippen molar-refractivity contribution in [1.82, 2.24) is 9.78 Å². The number of nitrogens with zero attached hydrogens (tertiary/aromatic N) is 2. The molecule has 0 radical (unpaired) electrons. The molecule has 0 bridgehead atoms. The number of alkyl halides is 1. The molecular formula is C16H11BrCl2N2. The van der Waals surface area contributed by atoms with Gasteiger partial charge < -0.3 is 0 Å². The smallest absolute Gasteiger partial charge is 0.137 e. The van der Waals surface area contributed by atoms with E-state index in [0.29, 0.717) is 11.0 Å². The molecule has 5 heteroatoms. The van der Waals surface area contributed by atoms with Gasteiger partial charge in [-0.25, -0.2) is 4.68 Å². The summed E-state index contributed by atoms with van der Waals surface area (Å²) in [4.78, 5) is 0. The second-order valence-corrected chi connectivity index (χ2v) is 6.05. The zero-order valence-electron chi connectivity index (χ0n) is 10.9. The van der Waals surface area contributed by atoms with Crippen molar-refractivity contribution in [2.45, 2.75) is 5.88 Å². The van der Waals surface area contributed by atoms with E-state index in [1.807, 2.05) is 54.6 Å². The highest BCUT2D eigenvalue weighted by atomic mass is 79.9. The van der Waals surface area contributed by atoms with Crippen LogP contribution in [-0.2, 0) is 5.88 Å². The summed E-state index contributed by atoms with van der Waals surface area (Å²) in [6.07, 6.45) is 0. The third-order valence-corrected chi connectivity index (χ3v) is 4.36. The molecule has 0 atom stereocenters. The van der Waals surface area contributed by atoms with Crippen LogP contribution < -0.4 is 0 Å². The van der Waals surface area contributed by atoms with Crippen molar-refractivity contribution in [3.63, 3.8) is 0 Å². The van der Waals surface area contributed by atoms with Gasteiger partial charge in [0.05, 0.1) is 17.3 Å². The van der Waals surface area contributed by atoms with Gasteiger partial charge in [0, 0.05) is 15.6 Å². The molecule has 0 aliphatic heterocycles. The van der Waals surface area contributed by atoms with Crippen molar-refractivity contribution in [2.24, 2.45) is 0 Å².